The number of rotatable bonds is 4. The second kappa shape index (κ2) is 7.79. The van der Waals surface area contributed by atoms with Gasteiger partial charge in [0.1, 0.15) is 0 Å². The van der Waals surface area contributed by atoms with Crippen molar-refractivity contribution in [1.82, 2.24) is 0 Å². The van der Waals surface area contributed by atoms with Crippen molar-refractivity contribution >= 4 is 0 Å². The van der Waals surface area contributed by atoms with Crippen LogP contribution in [0.2, 0.25) is 0 Å². The van der Waals surface area contributed by atoms with Crippen LogP contribution in [-0.4, -0.2) is 11.2 Å². The summed E-state index contributed by atoms with van der Waals surface area (Å²) in [6.07, 6.45) is 15.2. The quantitative estimate of drug-likeness (QED) is 0.462. The molecule has 1 N–H and O–H groups in total. The lowest BCUT2D eigenvalue weighted by atomic mass is 9.46. The molecule has 1 nitrogen and oxygen atoms in total. The molecule has 2 fully saturated rings. The van der Waals surface area contributed by atoms with Gasteiger partial charge in [0.15, 0.2) is 0 Å². The number of aliphatic hydroxyl groups is 1. The van der Waals surface area contributed by atoms with Crippen LogP contribution in [0.4, 0.5) is 0 Å². The maximum atomic E-state index is 10.3. The third-order valence-electron chi connectivity index (χ3n) is 11.3. The van der Waals surface area contributed by atoms with E-state index >= 15 is 0 Å². The van der Waals surface area contributed by atoms with E-state index in [1.807, 2.05) is 11.1 Å². The molecule has 0 aliphatic heterocycles. The van der Waals surface area contributed by atoms with E-state index in [0.29, 0.717) is 28.1 Å². The van der Waals surface area contributed by atoms with Gasteiger partial charge in [0.05, 0.1) is 6.10 Å². The smallest absolute Gasteiger partial charge is 0.0543 e. The van der Waals surface area contributed by atoms with Crippen molar-refractivity contribution in [3.63, 3.8) is 0 Å². The van der Waals surface area contributed by atoms with E-state index in [1.54, 1.807) is 5.57 Å². The predicted molar refractivity (Wildman–Crippen MR) is 128 cm³/mol. The molecule has 0 amide bonds. The van der Waals surface area contributed by atoms with Crippen LogP contribution in [0.3, 0.4) is 0 Å². The topological polar surface area (TPSA) is 20.2 Å². The van der Waals surface area contributed by atoms with Gasteiger partial charge in [-0.3, -0.25) is 0 Å². The molecule has 4 aliphatic rings. The van der Waals surface area contributed by atoms with Crippen LogP contribution >= 0.6 is 0 Å². The van der Waals surface area contributed by atoms with Crippen molar-refractivity contribution in [2.75, 3.05) is 0 Å². The van der Waals surface area contributed by atoms with Gasteiger partial charge in [0.2, 0.25) is 0 Å². The van der Waals surface area contributed by atoms with Gasteiger partial charge < -0.3 is 5.11 Å². The fourth-order valence-corrected chi connectivity index (χ4v) is 8.55. The van der Waals surface area contributed by atoms with Gasteiger partial charge in [-0.1, -0.05) is 64.3 Å². The van der Waals surface area contributed by atoms with Crippen molar-refractivity contribution in [1.29, 1.82) is 0 Å². The molecule has 0 aromatic rings. The zero-order valence-electron chi connectivity index (χ0n) is 21.0. The molecule has 0 heterocycles. The van der Waals surface area contributed by atoms with Crippen LogP contribution in [0.15, 0.2) is 22.8 Å². The first-order valence-electron chi connectivity index (χ1n) is 13.1. The highest BCUT2D eigenvalue weighted by atomic mass is 16.3. The van der Waals surface area contributed by atoms with Crippen LogP contribution in [-0.2, 0) is 0 Å². The largest absolute Gasteiger partial charge is 0.393 e. The summed E-state index contributed by atoms with van der Waals surface area (Å²) in [5.41, 5.74) is 6.54. The molecule has 30 heavy (non-hydrogen) atoms. The van der Waals surface area contributed by atoms with E-state index in [-0.39, 0.29) is 6.10 Å². The Bertz CT molecular complexity index is 729. The Morgan fingerprint density at radius 2 is 1.73 bits per heavy atom. The van der Waals surface area contributed by atoms with Crippen LogP contribution in [0.5, 0.6) is 0 Å². The van der Waals surface area contributed by atoms with E-state index in [1.165, 1.54) is 51.4 Å². The summed E-state index contributed by atoms with van der Waals surface area (Å²) >= 11 is 0. The number of hydrogen-bond donors (Lipinski definition) is 1. The highest BCUT2D eigenvalue weighted by Gasteiger charge is 2.61. The first-order chi connectivity index (χ1) is 14.0. The predicted octanol–water partition coefficient (Wildman–Crippen LogP) is 8.09. The fourth-order valence-electron chi connectivity index (χ4n) is 8.55. The Morgan fingerprint density at radius 1 is 1.00 bits per heavy atom. The second-order valence-electron chi connectivity index (χ2n) is 12.7. The average molecular weight is 413 g/mol. The highest BCUT2D eigenvalue weighted by Crippen LogP contribution is 2.71. The summed E-state index contributed by atoms with van der Waals surface area (Å²) in [6.45, 7) is 17.4. The van der Waals surface area contributed by atoms with Crippen molar-refractivity contribution in [3.8, 4) is 0 Å². The molecule has 0 bridgehead atoms. The third kappa shape index (κ3) is 3.28. The van der Waals surface area contributed by atoms with Gasteiger partial charge in [0, 0.05) is 0 Å². The summed E-state index contributed by atoms with van der Waals surface area (Å²) < 4.78 is 0. The maximum absolute atomic E-state index is 10.3. The van der Waals surface area contributed by atoms with Crippen molar-refractivity contribution in [2.24, 2.45) is 39.9 Å². The number of allylic oxidation sites excluding steroid dienone is 4. The molecule has 0 saturated heterocycles. The Morgan fingerprint density at radius 3 is 2.43 bits per heavy atom. The summed E-state index contributed by atoms with van der Waals surface area (Å²) in [7, 11) is 0. The van der Waals surface area contributed by atoms with Gasteiger partial charge in [-0.25, -0.2) is 0 Å². The number of hydrogen-bond acceptors (Lipinski definition) is 1. The first kappa shape index (κ1) is 22.6. The standard InChI is InChI=1S/C29H48O/c1-19(2)20(3)8-9-21(4)24-13-16-29(7)26-11-10-22-18-23(30)12-15-27(22,5)25(26)14-17-28(24,29)6/h8,19,21-24,30H,9-18H2,1-7H3/b20-8+/t21-,22?,23?,24-,27+,28-,29+/m1/s1. The van der Waals surface area contributed by atoms with E-state index < -0.39 is 0 Å². The molecule has 0 aromatic heterocycles. The van der Waals surface area contributed by atoms with Gasteiger partial charge >= 0.3 is 0 Å². The minimum absolute atomic E-state index is 0.0475. The van der Waals surface area contributed by atoms with Gasteiger partial charge in [-0.05, 0) is 111 Å². The number of fused-ring (bicyclic) bond motifs is 4. The molecule has 0 spiro atoms. The van der Waals surface area contributed by atoms with E-state index in [0.717, 1.165) is 24.7 Å². The molecule has 4 rings (SSSR count). The second-order valence-corrected chi connectivity index (χ2v) is 12.7. The van der Waals surface area contributed by atoms with Crippen molar-refractivity contribution in [3.05, 3.63) is 22.8 Å². The van der Waals surface area contributed by atoms with Gasteiger partial charge in [-0.15, -0.1) is 0 Å². The summed E-state index contributed by atoms with van der Waals surface area (Å²) in [5, 5.41) is 10.3. The molecule has 0 radical (unpaired) electrons. The van der Waals surface area contributed by atoms with Crippen LogP contribution in [0.25, 0.3) is 0 Å². The van der Waals surface area contributed by atoms with E-state index in [4.69, 9.17) is 0 Å². The van der Waals surface area contributed by atoms with Gasteiger partial charge in [0.25, 0.3) is 0 Å². The average Bonchev–Trinajstić information content (AvgIpc) is 2.97. The molecular formula is C29H48O. The SMILES string of the molecule is C/C(=C\C[C@@H](C)[C@H]1CC[C@@]2(C)C3=C(CC[C@]12C)[C@@]1(C)CCC(O)CC1CC3)C(C)C. The Balaban J connectivity index is 1.62. The molecule has 7 atom stereocenters. The van der Waals surface area contributed by atoms with Crippen LogP contribution in [0, 0.1) is 39.9 Å². The summed E-state index contributed by atoms with van der Waals surface area (Å²) in [4.78, 5) is 0. The minimum atomic E-state index is -0.0475. The normalized spacial score (nSPS) is 45.2. The lowest BCUT2D eigenvalue weighted by molar-refractivity contribution is -0.00415. The number of aliphatic hydroxyl groups excluding tert-OH is 1. The van der Waals surface area contributed by atoms with Crippen molar-refractivity contribution < 1.29 is 5.11 Å². The zero-order chi connectivity index (χ0) is 21.9. The van der Waals surface area contributed by atoms with E-state index in [9.17, 15) is 5.11 Å². The monoisotopic (exact) mass is 412 g/mol. The highest BCUT2D eigenvalue weighted by molar-refractivity contribution is 5.38. The third-order valence-corrected chi connectivity index (χ3v) is 11.3. The molecular weight excluding hydrogens is 364 g/mol. The zero-order valence-corrected chi connectivity index (χ0v) is 21.0. The van der Waals surface area contributed by atoms with Crippen LogP contribution < -0.4 is 0 Å². The molecule has 0 aromatic carbocycles. The lowest BCUT2D eigenvalue weighted by Crippen LogP contribution is -2.49. The molecule has 4 aliphatic carbocycles. The maximum Gasteiger partial charge on any atom is 0.0543 e. The molecule has 1 heteroatoms. The summed E-state index contributed by atoms with van der Waals surface area (Å²) in [5.74, 6) is 3.03. The molecule has 2 saturated carbocycles. The van der Waals surface area contributed by atoms with Crippen molar-refractivity contribution in [2.45, 2.75) is 119 Å². The Labute approximate surface area is 186 Å². The Hall–Kier alpha value is -0.560. The summed E-state index contributed by atoms with van der Waals surface area (Å²) in [6, 6.07) is 0. The molecule has 170 valence electrons. The Kier molecular flexibility index (Phi) is 5.87. The minimum Gasteiger partial charge on any atom is -0.393 e. The fraction of sp³-hybridized carbons (Fsp3) is 0.862. The van der Waals surface area contributed by atoms with Crippen LogP contribution in [0.1, 0.15) is 113 Å². The lowest BCUT2D eigenvalue weighted by Gasteiger charge is -2.59. The van der Waals surface area contributed by atoms with E-state index in [2.05, 4.69) is 54.5 Å². The molecule has 2 unspecified atom stereocenters. The van der Waals surface area contributed by atoms with Gasteiger partial charge in [-0.2, -0.15) is 0 Å². The first-order valence-corrected chi connectivity index (χ1v) is 13.1.